The van der Waals surface area contributed by atoms with Gasteiger partial charge < -0.3 is 37.6 Å². The van der Waals surface area contributed by atoms with Crippen molar-refractivity contribution in [1.29, 1.82) is 0 Å². The number of nitrogens with one attached hydrogen (secondary N) is 3. The van der Waals surface area contributed by atoms with Crippen LogP contribution in [-0.4, -0.2) is 70.6 Å². The summed E-state index contributed by atoms with van der Waals surface area (Å²) >= 11 is 0. The van der Waals surface area contributed by atoms with Gasteiger partial charge in [0.1, 0.15) is 18.1 Å². The molecule has 0 saturated heterocycles. The van der Waals surface area contributed by atoms with Crippen LogP contribution in [0.2, 0.25) is 0 Å². The number of amides is 3. The molecule has 4 atom stereocenters. The van der Waals surface area contributed by atoms with Crippen LogP contribution in [0, 0.1) is 5.92 Å². The molecule has 0 heterocycles. The lowest BCUT2D eigenvalue weighted by atomic mass is 10.00. The van der Waals surface area contributed by atoms with Gasteiger partial charge in [0.25, 0.3) is 0 Å². The van der Waals surface area contributed by atoms with Crippen molar-refractivity contribution < 1.29 is 34.2 Å². The molecule has 0 aliphatic heterocycles. The minimum Gasteiger partial charge on any atom is -0.481 e. The van der Waals surface area contributed by atoms with Crippen LogP contribution in [0.15, 0.2) is 30.3 Å². The predicted molar refractivity (Wildman–Crippen MR) is 136 cm³/mol. The van der Waals surface area contributed by atoms with Gasteiger partial charge in [0.05, 0.1) is 6.04 Å². The van der Waals surface area contributed by atoms with Crippen molar-refractivity contribution in [3.8, 4) is 0 Å². The zero-order chi connectivity index (χ0) is 28.0. The van der Waals surface area contributed by atoms with Gasteiger partial charge in [0.2, 0.25) is 17.7 Å². The van der Waals surface area contributed by atoms with E-state index in [4.69, 9.17) is 16.6 Å². The normalized spacial score (nSPS) is 14.2. The minimum atomic E-state index is -1.44. The predicted octanol–water partition coefficient (Wildman–Crippen LogP) is -0.255. The molecule has 0 aliphatic carbocycles. The molecule has 1 rings (SSSR count). The summed E-state index contributed by atoms with van der Waals surface area (Å²) in [7, 11) is 0. The molecule has 206 valence electrons. The molecule has 0 radical (unpaired) electrons. The van der Waals surface area contributed by atoms with E-state index >= 15 is 0 Å². The molecule has 0 spiro atoms. The first-order valence-corrected chi connectivity index (χ1v) is 12.3. The molecule has 1 aromatic carbocycles. The van der Waals surface area contributed by atoms with Gasteiger partial charge in [-0.3, -0.25) is 19.2 Å². The number of benzene rings is 1. The van der Waals surface area contributed by atoms with E-state index in [-0.39, 0.29) is 25.2 Å². The van der Waals surface area contributed by atoms with E-state index in [1.54, 1.807) is 13.8 Å². The van der Waals surface area contributed by atoms with Crippen molar-refractivity contribution in [3.63, 3.8) is 0 Å². The van der Waals surface area contributed by atoms with Crippen LogP contribution < -0.4 is 27.4 Å². The van der Waals surface area contributed by atoms with Crippen molar-refractivity contribution in [3.05, 3.63) is 35.9 Å². The van der Waals surface area contributed by atoms with Gasteiger partial charge in [0.15, 0.2) is 0 Å². The summed E-state index contributed by atoms with van der Waals surface area (Å²) in [6.45, 7) is 3.81. The molecule has 0 aromatic heterocycles. The topological polar surface area (TPSA) is 214 Å². The fraction of sp³-hybridized carbons (Fsp3) is 0.560. The van der Waals surface area contributed by atoms with E-state index in [1.807, 2.05) is 30.3 Å². The average Bonchev–Trinajstić information content (AvgIpc) is 2.84. The number of carbonyl (C=O) groups is 5. The largest absolute Gasteiger partial charge is 0.481 e. The third-order valence-corrected chi connectivity index (χ3v) is 5.72. The van der Waals surface area contributed by atoms with Gasteiger partial charge in [0, 0.05) is 6.42 Å². The summed E-state index contributed by atoms with van der Waals surface area (Å²) in [5.41, 5.74) is 12.4. The Labute approximate surface area is 216 Å². The third-order valence-electron chi connectivity index (χ3n) is 5.72. The van der Waals surface area contributed by atoms with Crippen molar-refractivity contribution in [1.82, 2.24) is 16.0 Å². The van der Waals surface area contributed by atoms with Crippen LogP contribution in [0.5, 0.6) is 0 Å². The minimum absolute atomic E-state index is 0.173. The van der Waals surface area contributed by atoms with E-state index < -0.39 is 60.2 Å². The molecular formula is C25H39N5O7. The van der Waals surface area contributed by atoms with Gasteiger partial charge in [-0.15, -0.1) is 0 Å². The lowest BCUT2D eigenvalue weighted by Gasteiger charge is -2.27. The van der Waals surface area contributed by atoms with Crippen molar-refractivity contribution in [2.45, 2.75) is 76.5 Å². The Morgan fingerprint density at radius 1 is 0.838 bits per heavy atom. The zero-order valence-corrected chi connectivity index (χ0v) is 21.3. The van der Waals surface area contributed by atoms with Gasteiger partial charge in [-0.2, -0.15) is 0 Å². The molecular weight excluding hydrogens is 482 g/mol. The second kappa shape index (κ2) is 16.3. The number of carboxylic acid groups (broad SMARTS) is 2. The standard InChI is InChI=1S/C25H39N5O7/c1-15(2)21(30-22(33)17(27)14-16-8-4-3-5-9-16)24(35)28-18(10-6-7-13-26)23(34)29-19(25(36)37)11-12-20(31)32/h3-5,8-9,15,17-19,21H,6-7,10-14,26-27H2,1-2H3,(H,28,35)(H,29,34)(H,30,33)(H,31,32)(H,36,37). The van der Waals surface area contributed by atoms with E-state index in [0.29, 0.717) is 19.4 Å². The fourth-order valence-electron chi connectivity index (χ4n) is 3.58. The van der Waals surface area contributed by atoms with Crippen LogP contribution in [0.25, 0.3) is 0 Å². The lowest BCUT2D eigenvalue weighted by molar-refractivity contribution is -0.143. The monoisotopic (exact) mass is 521 g/mol. The molecule has 12 heteroatoms. The summed E-state index contributed by atoms with van der Waals surface area (Å²) < 4.78 is 0. The summed E-state index contributed by atoms with van der Waals surface area (Å²) in [5, 5.41) is 25.8. The zero-order valence-electron chi connectivity index (χ0n) is 21.3. The number of aliphatic carboxylic acids is 2. The van der Waals surface area contributed by atoms with Crippen molar-refractivity contribution >= 4 is 29.7 Å². The Kier molecular flexibility index (Phi) is 13.9. The summed E-state index contributed by atoms with van der Waals surface area (Å²) in [5.74, 6) is -4.85. The number of carbonyl (C=O) groups excluding carboxylic acids is 3. The molecule has 0 bridgehead atoms. The SMILES string of the molecule is CC(C)C(NC(=O)C(N)Cc1ccccc1)C(=O)NC(CCCCN)C(=O)NC(CCC(=O)O)C(=O)O. The van der Waals surface area contributed by atoms with E-state index in [2.05, 4.69) is 16.0 Å². The van der Waals surface area contributed by atoms with E-state index in [0.717, 1.165) is 5.56 Å². The molecule has 0 saturated carbocycles. The number of hydrogen-bond donors (Lipinski definition) is 7. The highest BCUT2D eigenvalue weighted by Gasteiger charge is 2.31. The van der Waals surface area contributed by atoms with Gasteiger partial charge >= 0.3 is 11.9 Å². The Morgan fingerprint density at radius 3 is 2.00 bits per heavy atom. The Balaban J connectivity index is 2.92. The Bertz CT molecular complexity index is 910. The van der Waals surface area contributed by atoms with Gasteiger partial charge in [-0.1, -0.05) is 44.2 Å². The second-order valence-electron chi connectivity index (χ2n) is 9.20. The van der Waals surface area contributed by atoms with Crippen LogP contribution in [0.1, 0.15) is 51.5 Å². The number of rotatable bonds is 17. The maximum absolute atomic E-state index is 13.1. The Hall–Kier alpha value is -3.51. The molecule has 0 fully saturated rings. The van der Waals surface area contributed by atoms with E-state index in [1.165, 1.54) is 0 Å². The van der Waals surface area contributed by atoms with Crippen molar-refractivity contribution in [2.75, 3.05) is 6.54 Å². The highest BCUT2D eigenvalue weighted by molar-refractivity contribution is 5.94. The maximum atomic E-state index is 13.1. The summed E-state index contributed by atoms with van der Waals surface area (Å²) in [6, 6.07) is 4.74. The van der Waals surface area contributed by atoms with Crippen LogP contribution in [0.4, 0.5) is 0 Å². The molecule has 1 aromatic rings. The third kappa shape index (κ3) is 11.8. The summed E-state index contributed by atoms with van der Waals surface area (Å²) in [6.07, 6.45) is 0.723. The highest BCUT2D eigenvalue weighted by atomic mass is 16.4. The van der Waals surface area contributed by atoms with Gasteiger partial charge in [-0.25, -0.2) is 4.79 Å². The number of unbranched alkanes of at least 4 members (excludes halogenated alkanes) is 1. The quantitative estimate of drug-likeness (QED) is 0.134. The highest BCUT2D eigenvalue weighted by Crippen LogP contribution is 2.09. The molecule has 4 unspecified atom stereocenters. The number of nitrogens with two attached hydrogens (primary N) is 2. The number of carboxylic acids is 2. The first kappa shape index (κ1) is 31.5. The lowest BCUT2D eigenvalue weighted by Crippen LogP contribution is -2.58. The van der Waals surface area contributed by atoms with Crippen LogP contribution >= 0.6 is 0 Å². The second-order valence-corrected chi connectivity index (χ2v) is 9.20. The molecule has 37 heavy (non-hydrogen) atoms. The average molecular weight is 522 g/mol. The smallest absolute Gasteiger partial charge is 0.326 e. The van der Waals surface area contributed by atoms with Crippen molar-refractivity contribution in [2.24, 2.45) is 17.4 Å². The van der Waals surface area contributed by atoms with Crippen LogP contribution in [-0.2, 0) is 30.4 Å². The van der Waals surface area contributed by atoms with Gasteiger partial charge in [-0.05, 0) is 50.1 Å². The molecule has 3 amide bonds. The fourth-order valence-corrected chi connectivity index (χ4v) is 3.58. The molecule has 12 nitrogen and oxygen atoms in total. The maximum Gasteiger partial charge on any atom is 0.326 e. The molecule has 9 N–H and O–H groups in total. The summed E-state index contributed by atoms with van der Waals surface area (Å²) in [4.78, 5) is 61.0. The first-order valence-electron chi connectivity index (χ1n) is 12.3. The number of hydrogen-bond acceptors (Lipinski definition) is 7. The molecule has 0 aliphatic rings. The van der Waals surface area contributed by atoms with E-state index in [9.17, 15) is 29.1 Å². The first-order chi connectivity index (χ1) is 17.5. The Morgan fingerprint density at radius 2 is 1.46 bits per heavy atom. The van der Waals surface area contributed by atoms with Crippen LogP contribution in [0.3, 0.4) is 0 Å².